The smallest absolute Gasteiger partial charge is 0.163 e. The summed E-state index contributed by atoms with van der Waals surface area (Å²) in [4.78, 5) is 9.25. The van der Waals surface area contributed by atoms with Gasteiger partial charge in [0.05, 0.1) is 0 Å². The minimum Gasteiger partial charge on any atom is -0.370 e. The van der Waals surface area contributed by atoms with E-state index in [1.165, 1.54) is 0 Å². The Bertz CT molecular complexity index is 550. The summed E-state index contributed by atoms with van der Waals surface area (Å²) in [6.45, 7) is 7.28. The summed E-state index contributed by atoms with van der Waals surface area (Å²) < 4.78 is 0. The second-order valence-electron chi connectivity index (χ2n) is 5.02. The SMILES string of the molecule is CCNc1cc(NC(CC)CC)nc(-c2ccccc2)n1. The van der Waals surface area contributed by atoms with Gasteiger partial charge in [-0.15, -0.1) is 0 Å². The minimum atomic E-state index is 0.443. The molecule has 0 saturated heterocycles. The lowest BCUT2D eigenvalue weighted by atomic mass is 10.2. The zero-order chi connectivity index (χ0) is 15.1. The quantitative estimate of drug-likeness (QED) is 0.801. The summed E-state index contributed by atoms with van der Waals surface area (Å²) in [6, 6.07) is 12.5. The monoisotopic (exact) mass is 284 g/mol. The Balaban J connectivity index is 2.34. The minimum absolute atomic E-state index is 0.443. The fourth-order valence-corrected chi connectivity index (χ4v) is 2.21. The van der Waals surface area contributed by atoms with Crippen LogP contribution in [-0.4, -0.2) is 22.6 Å². The van der Waals surface area contributed by atoms with Crippen molar-refractivity contribution >= 4 is 11.6 Å². The Hall–Kier alpha value is -2.10. The molecule has 1 aromatic carbocycles. The summed E-state index contributed by atoms with van der Waals surface area (Å²) in [6.07, 6.45) is 2.16. The van der Waals surface area contributed by atoms with Crippen LogP contribution in [0.5, 0.6) is 0 Å². The van der Waals surface area contributed by atoms with Crippen molar-refractivity contribution in [3.05, 3.63) is 36.4 Å². The fourth-order valence-electron chi connectivity index (χ4n) is 2.21. The highest BCUT2D eigenvalue weighted by Gasteiger charge is 2.09. The maximum Gasteiger partial charge on any atom is 0.163 e. The van der Waals surface area contributed by atoms with Crippen LogP contribution in [0, 0.1) is 0 Å². The Labute approximate surface area is 127 Å². The molecule has 4 heteroatoms. The normalized spacial score (nSPS) is 10.7. The Morgan fingerprint density at radius 3 is 2.24 bits per heavy atom. The Morgan fingerprint density at radius 1 is 0.952 bits per heavy atom. The molecule has 0 saturated carbocycles. The third-order valence-electron chi connectivity index (χ3n) is 3.45. The summed E-state index contributed by atoms with van der Waals surface area (Å²) in [5.41, 5.74) is 1.03. The number of hydrogen-bond acceptors (Lipinski definition) is 4. The van der Waals surface area contributed by atoms with Crippen LogP contribution in [0.25, 0.3) is 11.4 Å². The van der Waals surface area contributed by atoms with Crippen molar-refractivity contribution < 1.29 is 0 Å². The molecule has 0 atom stereocenters. The van der Waals surface area contributed by atoms with Crippen molar-refractivity contribution in [2.75, 3.05) is 17.2 Å². The van der Waals surface area contributed by atoms with Crippen molar-refractivity contribution in [1.82, 2.24) is 9.97 Å². The maximum atomic E-state index is 4.66. The molecule has 1 heterocycles. The van der Waals surface area contributed by atoms with E-state index in [1.807, 2.05) is 36.4 Å². The van der Waals surface area contributed by atoms with Gasteiger partial charge in [-0.3, -0.25) is 0 Å². The third kappa shape index (κ3) is 4.18. The Kier molecular flexibility index (Phi) is 5.55. The van der Waals surface area contributed by atoms with Crippen LogP contribution >= 0.6 is 0 Å². The first-order chi connectivity index (χ1) is 10.3. The number of nitrogens with zero attached hydrogens (tertiary/aromatic N) is 2. The van der Waals surface area contributed by atoms with E-state index >= 15 is 0 Å². The van der Waals surface area contributed by atoms with Gasteiger partial charge >= 0.3 is 0 Å². The predicted octanol–water partition coefficient (Wildman–Crippen LogP) is 4.18. The zero-order valence-corrected chi connectivity index (χ0v) is 13.1. The second kappa shape index (κ2) is 7.62. The standard InChI is InChI=1S/C17H24N4/c1-4-14(5-2)19-16-12-15(18-6-3)20-17(21-16)13-10-8-7-9-11-13/h7-12,14H,4-6H2,1-3H3,(H2,18,19,20,21). The van der Waals surface area contributed by atoms with Crippen molar-refractivity contribution in [1.29, 1.82) is 0 Å². The van der Waals surface area contributed by atoms with Crippen molar-refractivity contribution in [2.24, 2.45) is 0 Å². The summed E-state index contributed by atoms with van der Waals surface area (Å²) >= 11 is 0. The molecule has 0 radical (unpaired) electrons. The van der Waals surface area contributed by atoms with Crippen LogP contribution in [0.4, 0.5) is 11.6 Å². The number of rotatable bonds is 7. The first-order valence-electron chi connectivity index (χ1n) is 7.71. The number of hydrogen-bond donors (Lipinski definition) is 2. The highest BCUT2D eigenvalue weighted by atomic mass is 15.1. The van der Waals surface area contributed by atoms with Crippen LogP contribution in [-0.2, 0) is 0 Å². The largest absolute Gasteiger partial charge is 0.370 e. The van der Waals surface area contributed by atoms with E-state index in [9.17, 15) is 0 Å². The molecule has 0 unspecified atom stereocenters. The highest BCUT2D eigenvalue weighted by molar-refractivity contribution is 5.61. The van der Waals surface area contributed by atoms with E-state index in [0.717, 1.165) is 42.4 Å². The molecule has 2 N–H and O–H groups in total. The van der Waals surface area contributed by atoms with Crippen molar-refractivity contribution in [3.8, 4) is 11.4 Å². The Morgan fingerprint density at radius 2 is 1.62 bits per heavy atom. The zero-order valence-electron chi connectivity index (χ0n) is 13.1. The van der Waals surface area contributed by atoms with Crippen LogP contribution in [0.2, 0.25) is 0 Å². The number of anilines is 2. The van der Waals surface area contributed by atoms with Crippen LogP contribution in [0.1, 0.15) is 33.6 Å². The molecule has 4 nitrogen and oxygen atoms in total. The molecule has 0 spiro atoms. The molecule has 21 heavy (non-hydrogen) atoms. The molecule has 0 aliphatic heterocycles. The highest BCUT2D eigenvalue weighted by Crippen LogP contribution is 2.21. The van der Waals surface area contributed by atoms with Gasteiger partial charge in [0.15, 0.2) is 5.82 Å². The van der Waals surface area contributed by atoms with Gasteiger partial charge in [0.1, 0.15) is 11.6 Å². The van der Waals surface area contributed by atoms with E-state index < -0.39 is 0 Å². The maximum absolute atomic E-state index is 4.66. The number of aromatic nitrogens is 2. The van der Waals surface area contributed by atoms with E-state index in [2.05, 4.69) is 41.4 Å². The van der Waals surface area contributed by atoms with Gasteiger partial charge in [0.25, 0.3) is 0 Å². The molecular weight excluding hydrogens is 260 g/mol. The van der Waals surface area contributed by atoms with Gasteiger partial charge < -0.3 is 10.6 Å². The van der Waals surface area contributed by atoms with E-state index in [4.69, 9.17) is 0 Å². The molecule has 0 aliphatic rings. The van der Waals surface area contributed by atoms with Gasteiger partial charge in [-0.05, 0) is 19.8 Å². The molecule has 0 bridgehead atoms. The molecule has 0 aliphatic carbocycles. The number of benzene rings is 1. The van der Waals surface area contributed by atoms with Gasteiger partial charge in [-0.25, -0.2) is 9.97 Å². The number of nitrogens with one attached hydrogen (secondary N) is 2. The average molecular weight is 284 g/mol. The van der Waals surface area contributed by atoms with Gasteiger partial charge in [0.2, 0.25) is 0 Å². The van der Waals surface area contributed by atoms with E-state index in [1.54, 1.807) is 0 Å². The molecule has 2 aromatic rings. The summed E-state index contributed by atoms with van der Waals surface area (Å²) in [5.74, 6) is 2.50. The predicted molar refractivity (Wildman–Crippen MR) is 89.6 cm³/mol. The lowest BCUT2D eigenvalue weighted by molar-refractivity contribution is 0.668. The third-order valence-corrected chi connectivity index (χ3v) is 3.45. The van der Waals surface area contributed by atoms with E-state index in [0.29, 0.717) is 6.04 Å². The van der Waals surface area contributed by atoms with Crippen LogP contribution in [0.3, 0.4) is 0 Å². The molecular formula is C17H24N4. The molecule has 1 aromatic heterocycles. The van der Waals surface area contributed by atoms with Crippen LogP contribution < -0.4 is 10.6 Å². The molecule has 2 rings (SSSR count). The van der Waals surface area contributed by atoms with Gasteiger partial charge in [-0.2, -0.15) is 0 Å². The molecule has 0 fully saturated rings. The second-order valence-corrected chi connectivity index (χ2v) is 5.02. The summed E-state index contributed by atoms with van der Waals surface area (Å²) in [5, 5.41) is 6.77. The van der Waals surface area contributed by atoms with Crippen LogP contribution in [0.15, 0.2) is 36.4 Å². The van der Waals surface area contributed by atoms with E-state index in [-0.39, 0.29) is 0 Å². The first-order valence-corrected chi connectivity index (χ1v) is 7.71. The fraction of sp³-hybridized carbons (Fsp3) is 0.412. The average Bonchev–Trinajstić information content (AvgIpc) is 2.53. The lowest BCUT2D eigenvalue weighted by Crippen LogP contribution is -2.18. The molecule has 0 amide bonds. The summed E-state index contributed by atoms with van der Waals surface area (Å²) in [7, 11) is 0. The van der Waals surface area contributed by atoms with Gasteiger partial charge in [-0.1, -0.05) is 44.2 Å². The van der Waals surface area contributed by atoms with Gasteiger partial charge in [0, 0.05) is 24.2 Å². The van der Waals surface area contributed by atoms with Crippen molar-refractivity contribution in [3.63, 3.8) is 0 Å². The topological polar surface area (TPSA) is 49.8 Å². The lowest BCUT2D eigenvalue weighted by Gasteiger charge is -2.17. The molecule has 112 valence electrons. The van der Waals surface area contributed by atoms with Crippen molar-refractivity contribution in [2.45, 2.75) is 39.7 Å². The first kappa shape index (κ1) is 15.3.